The lowest BCUT2D eigenvalue weighted by atomic mass is 10.2. The van der Waals surface area contributed by atoms with Gasteiger partial charge in [0.05, 0.1) is 0 Å². The number of carbonyl (C=O) groups is 3. The van der Waals surface area contributed by atoms with E-state index >= 15 is 0 Å². The van der Waals surface area contributed by atoms with Gasteiger partial charge in [0.1, 0.15) is 22.2 Å². The number of benzene rings is 2. The van der Waals surface area contributed by atoms with Crippen LogP contribution >= 0.6 is 23.4 Å². The zero-order valence-corrected chi connectivity index (χ0v) is 18.2. The molecule has 166 valence electrons. The Morgan fingerprint density at radius 3 is 2.16 bits per heavy atom. The summed E-state index contributed by atoms with van der Waals surface area (Å²) in [6.45, 7) is 1.76. The van der Waals surface area contributed by atoms with E-state index in [0.29, 0.717) is 15.8 Å². The van der Waals surface area contributed by atoms with Gasteiger partial charge in [-0.2, -0.15) is 0 Å². The van der Waals surface area contributed by atoms with E-state index in [1.165, 1.54) is 43.1 Å². The van der Waals surface area contributed by atoms with Gasteiger partial charge in [0.2, 0.25) is 0 Å². The summed E-state index contributed by atoms with van der Waals surface area (Å²) in [7, 11) is 1.48. The molecular weight excluding hydrogens is 454 g/mol. The topological polar surface area (TPSA) is 109 Å². The highest BCUT2D eigenvalue weighted by atomic mass is 35.5. The van der Waals surface area contributed by atoms with Gasteiger partial charge < -0.3 is 10.6 Å². The Kier molecular flexibility index (Phi) is 11.0. The maximum atomic E-state index is 13.4. The highest BCUT2D eigenvalue weighted by Gasteiger charge is 2.19. The summed E-state index contributed by atoms with van der Waals surface area (Å²) in [6, 6.07) is 8.15. The Morgan fingerprint density at radius 2 is 1.65 bits per heavy atom. The van der Waals surface area contributed by atoms with Crippen LogP contribution < -0.4 is 16.0 Å². The molecule has 0 unspecified atom stereocenters. The fraction of sp³-hybridized carbons (Fsp3) is 0.158. The third-order valence-electron chi connectivity index (χ3n) is 3.28. The molecule has 0 saturated carbocycles. The monoisotopic (exact) mass is 472 g/mol. The van der Waals surface area contributed by atoms with Crippen LogP contribution in [0.4, 0.5) is 24.1 Å². The number of oxime groups is 1. The molecule has 0 fully saturated rings. The van der Waals surface area contributed by atoms with Crippen molar-refractivity contribution in [2.45, 2.75) is 6.92 Å². The average Bonchev–Trinajstić information content (AvgIpc) is 2.73. The second kappa shape index (κ2) is 13.2. The number of halogens is 3. The van der Waals surface area contributed by atoms with E-state index in [1.54, 1.807) is 6.92 Å². The smallest absolute Gasteiger partial charge is 0.323 e. The summed E-state index contributed by atoms with van der Waals surface area (Å²) >= 11 is 7.10. The molecule has 0 bridgehead atoms. The number of urea groups is 1. The van der Waals surface area contributed by atoms with E-state index in [1.807, 2.05) is 11.6 Å². The molecule has 8 nitrogen and oxygen atoms in total. The number of nitrogens with zero attached hydrogens (tertiary/aromatic N) is 1. The van der Waals surface area contributed by atoms with Crippen molar-refractivity contribution in [3.05, 3.63) is 64.7 Å². The molecule has 4 amide bonds. The molecule has 0 atom stereocenters. The Bertz CT molecular complexity index is 938. The fourth-order valence-corrected chi connectivity index (χ4v) is 2.00. The van der Waals surface area contributed by atoms with Crippen molar-refractivity contribution in [1.29, 1.82) is 0 Å². The quantitative estimate of drug-likeness (QED) is 0.261. The second-order valence-corrected chi connectivity index (χ2v) is 6.89. The maximum Gasteiger partial charge on any atom is 0.433 e. The van der Waals surface area contributed by atoms with Crippen molar-refractivity contribution >= 4 is 52.1 Å². The Hall–Kier alpha value is -3.18. The first kappa shape index (κ1) is 25.9. The molecule has 0 radical (unpaired) electrons. The van der Waals surface area contributed by atoms with E-state index in [4.69, 9.17) is 11.6 Å². The molecule has 0 heterocycles. The van der Waals surface area contributed by atoms with Gasteiger partial charge in [-0.1, -0.05) is 22.8 Å². The minimum Gasteiger partial charge on any atom is -0.323 e. The summed E-state index contributed by atoms with van der Waals surface area (Å²) < 4.78 is 26.8. The number of hydrogen-bond donors (Lipinski definition) is 3. The van der Waals surface area contributed by atoms with Crippen molar-refractivity contribution in [2.24, 2.45) is 5.16 Å². The Balaban J connectivity index is 0.000000407. The molecular formula is C19H19ClF2N4O4S. The van der Waals surface area contributed by atoms with Crippen LogP contribution in [0, 0.1) is 11.6 Å². The number of thioether (sulfide) groups is 1. The van der Waals surface area contributed by atoms with Crippen LogP contribution in [0.15, 0.2) is 47.6 Å². The summed E-state index contributed by atoms with van der Waals surface area (Å²) in [5.41, 5.74) is -0.442. The van der Waals surface area contributed by atoms with Gasteiger partial charge in [-0.05, 0) is 49.6 Å². The van der Waals surface area contributed by atoms with Gasteiger partial charge >= 0.3 is 12.1 Å². The van der Waals surface area contributed by atoms with Crippen LogP contribution in [-0.4, -0.2) is 36.4 Å². The van der Waals surface area contributed by atoms with Crippen LogP contribution in [0.2, 0.25) is 5.02 Å². The molecule has 0 saturated heterocycles. The molecule has 2 aromatic carbocycles. The van der Waals surface area contributed by atoms with Crippen molar-refractivity contribution in [3.8, 4) is 0 Å². The van der Waals surface area contributed by atoms with Crippen LogP contribution in [0.1, 0.15) is 17.3 Å². The largest absolute Gasteiger partial charge is 0.433 e. The molecule has 0 aliphatic rings. The van der Waals surface area contributed by atoms with Gasteiger partial charge in [0.25, 0.3) is 5.91 Å². The summed E-state index contributed by atoms with van der Waals surface area (Å²) in [6.07, 6.45) is 1.31. The van der Waals surface area contributed by atoms with Crippen molar-refractivity contribution in [3.63, 3.8) is 0 Å². The van der Waals surface area contributed by atoms with E-state index in [0.717, 1.165) is 18.2 Å². The van der Waals surface area contributed by atoms with Crippen LogP contribution in [0.5, 0.6) is 0 Å². The lowest BCUT2D eigenvalue weighted by Gasteiger charge is -2.08. The summed E-state index contributed by atoms with van der Waals surface area (Å²) in [5.74, 6) is -3.27. The van der Waals surface area contributed by atoms with Gasteiger partial charge in [0.15, 0.2) is 0 Å². The first-order chi connectivity index (χ1) is 14.7. The van der Waals surface area contributed by atoms with Gasteiger partial charge in [-0.25, -0.2) is 18.4 Å². The number of imide groups is 1. The third-order valence-corrected chi connectivity index (χ3v) is 4.19. The maximum absolute atomic E-state index is 13.4. The van der Waals surface area contributed by atoms with Crippen molar-refractivity contribution in [1.82, 2.24) is 10.6 Å². The third kappa shape index (κ3) is 9.45. The SMILES string of the molecule is CNC(=O)ON=C(C)SC.O=C(NC(=O)c1c(F)cccc1F)Nc1ccc(Cl)cc1. The number of hydrogen-bond acceptors (Lipinski definition) is 6. The molecule has 2 rings (SSSR count). The standard InChI is InChI=1S/C14H9ClF2N2O2.C5H10N2O2S/c15-8-4-6-9(7-5-8)18-14(21)19-13(20)12-10(16)2-1-3-11(12)17;1-4(10-3)7-9-5(8)6-2/h1-7H,(H2,18,19,20,21);1-3H3,(H,6,8). The first-order valence-corrected chi connectivity index (χ1v) is 10.1. The number of carbonyl (C=O) groups excluding carboxylic acids is 3. The molecule has 0 aromatic heterocycles. The predicted octanol–water partition coefficient (Wildman–Crippen LogP) is 4.62. The molecule has 12 heteroatoms. The fourth-order valence-electron chi connectivity index (χ4n) is 1.76. The number of nitrogens with one attached hydrogen (secondary N) is 3. The van der Waals surface area contributed by atoms with Crippen molar-refractivity contribution in [2.75, 3.05) is 18.6 Å². The molecule has 2 aromatic rings. The average molecular weight is 473 g/mol. The highest BCUT2D eigenvalue weighted by molar-refractivity contribution is 8.13. The van der Waals surface area contributed by atoms with Crippen LogP contribution in [0.25, 0.3) is 0 Å². The minimum absolute atomic E-state index is 0.374. The van der Waals surface area contributed by atoms with Crippen LogP contribution in [-0.2, 0) is 4.84 Å². The highest BCUT2D eigenvalue weighted by Crippen LogP contribution is 2.14. The second-order valence-electron chi connectivity index (χ2n) is 5.45. The number of rotatable bonds is 3. The van der Waals surface area contributed by atoms with Gasteiger partial charge in [-0.3, -0.25) is 14.9 Å². The molecule has 0 aliphatic heterocycles. The zero-order chi connectivity index (χ0) is 23.4. The van der Waals surface area contributed by atoms with E-state index in [2.05, 4.69) is 20.6 Å². The van der Waals surface area contributed by atoms with Gasteiger partial charge in [0, 0.05) is 17.8 Å². The summed E-state index contributed by atoms with van der Waals surface area (Å²) in [5, 5.41) is 11.1. The summed E-state index contributed by atoms with van der Waals surface area (Å²) in [4.78, 5) is 38.0. The van der Waals surface area contributed by atoms with Gasteiger partial charge in [-0.15, -0.1) is 11.8 Å². The molecule has 3 N–H and O–H groups in total. The number of amides is 4. The molecule has 0 spiro atoms. The molecule has 0 aliphatic carbocycles. The Morgan fingerprint density at radius 1 is 1.06 bits per heavy atom. The zero-order valence-electron chi connectivity index (χ0n) is 16.7. The van der Waals surface area contributed by atoms with E-state index in [-0.39, 0.29) is 0 Å². The first-order valence-electron chi connectivity index (χ1n) is 8.47. The lowest BCUT2D eigenvalue weighted by molar-refractivity contribution is 0.0958. The predicted molar refractivity (Wildman–Crippen MR) is 116 cm³/mol. The lowest BCUT2D eigenvalue weighted by Crippen LogP contribution is -2.35. The number of anilines is 1. The minimum atomic E-state index is -1.17. The normalized spacial score (nSPS) is 10.3. The van der Waals surface area contributed by atoms with Crippen molar-refractivity contribution < 1.29 is 28.0 Å². The van der Waals surface area contributed by atoms with E-state index in [9.17, 15) is 23.2 Å². The molecule has 31 heavy (non-hydrogen) atoms. The van der Waals surface area contributed by atoms with E-state index < -0.39 is 35.2 Å². The Labute approximate surface area is 186 Å². The van der Waals surface area contributed by atoms with Crippen LogP contribution in [0.3, 0.4) is 0 Å².